The molecule has 1 aliphatic rings. The Morgan fingerprint density at radius 2 is 2.12 bits per heavy atom. The molecule has 0 aromatic heterocycles. The lowest BCUT2D eigenvalue weighted by Crippen LogP contribution is -2.50. The fourth-order valence-corrected chi connectivity index (χ4v) is 2.46. The highest BCUT2D eigenvalue weighted by Gasteiger charge is 2.26. The van der Waals surface area contributed by atoms with Crippen LogP contribution in [-0.2, 0) is 4.79 Å². The van der Waals surface area contributed by atoms with Crippen LogP contribution in [0.1, 0.15) is 33.1 Å². The zero-order valence-electron chi connectivity index (χ0n) is 11.5. The van der Waals surface area contributed by atoms with Gasteiger partial charge in [-0.05, 0) is 45.9 Å². The Morgan fingerprint density at radius 1 is 1.41 bits per heavy atom. The summed E-state index contributed by atoms with van der Waals surface area (Å²) in [5.74, 6) is 0.290. The minimum Gasteiger partial charge on any atom is -0.341 e. The number of hydrogen-bond donors (Lipinski definition) is 1. The van der Waals surface area contributed by atoms with Crippen molar-refractivity contribution in [2.24, 2.45) is 0 Å². The van der Waals surface area contributed by atoms with Gasteiger partial charge in [0.2, 0.25) is 5.91 Å². The van der Waals surface area contributed by atoms with Crippen molar-refractivity contribution in [3.05, 3.63) is 0 Å². The van der Waals surface area contributed by atoms with E-state index in [4.69, 9.17) is 0 Å². The van der Waals surface area contributed by atoms with Crippen LogP contribution < -0.4 is 5.32 Å². The fraction of sp³-hybridized carbons (Fsp3) is 0.923. The lowest BCUT2D eigenvalue weighted by molar-refractivity contribution is -0.135. The van der Waals surface area contributed by atoms with E-state index < -0.39 is 0 Å². The lowest BCUT2D eigenvalue weighted by Gasteiger charge is -2.32. The van der Waals surface area contributed by atoms with Crippen LogP contribution in [-0.4, -0.2) is 61.5 Å². The third-order valence-corrected chi connectivity index (χ3v) is 3.68. The minimum atomic E-state index is 0.0530. The summed E-state index contributed by atoms with van der Waals surface area (Å²) in [7, 11) is 1.88. The van der Waals surface area contributed by atoms with E-state index in [0.717, 1.165) is 52.0 Å². The first-order valence-corrected chi connectivity index (χ1v) is 6.91. The maximum Gasteiger partial charge on any atom is 0.239 e. The molecule has 0 aromatic rings. The van der Waals surface area contributed by atoms with Gasteiger partial charge in [0, 0.05) is 13.1 Å². The fourth-order valence-electron chi connectivity index (χ4n) is 2.46. The van der Waals surface area contributed by atoms with Gasteiger partial charge < -0.3 is 15.1 Å². The number of nitrogens with one attached hydrogen (secondary N) is 1. The van der Waals surface area contributed by atoms with Gasteiger partial charge in [-0.2, -0.15) is 0 Å². The van der Waals surface area contributed by atoms with Crippen molar-refractivity contribution in [3.63, 3.8) is 0 Å². The quantitative estimate of drug-likeness (QED) is 0.720. The third-order valence-electron chi connectivity index (χ3n) is 3.68. The van der Waals surface area contributed by atoms with E-state index in [9.17, 15) is 4.79 Å². The van der Waals surface area contributed by atoms with Crippen molar-refractivity contribution in [3.8, 4) is 0 Å². The number of likely N-dealkylation sites (N-methyl/N-ethyl adjacent to an activating group) is 1. The normalized spacial score (nSPS) is 21.3. The molecule has 1 atom stereocenters. The molecule has 4 nitrogen and oxygen atoms in total. The van der Waals surface area contributed by atoms with E-state index in [1.165, 1.54) is 0 Å². The maximum atomic E-state index is 12.0. The van der Waals surface area contributed by atoms with Gasteiger partial charge in [0.05, 0.1) is 6.04 Å². The van der Waals surface area contributed by atoms with Crippen LogP contribution in [0.3, 0.4) is 0 Å². The van der Waals surface area contributed by atoms with Crippen molar-refractivity contribution in [1.82, 2.24) is 15.1 Å². The maximum absolute atomic E-state index is 12.0. The number of piperidine rings is 1. The van der Waals surface area contributed by atoms with Crippen molar-refractivity contribution < 1.29 is 4.79 Å². The zero-order chi connectivity index (χ0) is 12.7. The van der Waals surface area contributed by atoms with E-state index in [1.807, 2.05) is 11.9 Å². The smallest absolute Gasteiger partial charge is 0.239 e. The monoisotopic (exact) mass is 241 g/mol. The van der Waals surface area contributed by atoms with Crippen LogP contribution in [0.2, 0.25) is 0 Å². The highest BCUT2D eigenvalue weighted by molar-refractivity contribution is 5.82. The van der Waals surface area contributed by atoms with E-state index in [-0.39, 0.29) is 6.04 Å². The Hall–Kier alpha value is -0.610. The molecular weight excluding hydrogens is 214 g/mol. The Kier molecular flexibility index (Phi) is 6.52. The molecule has 100 valence electrons. The van der Waals surface area contributed by atoms with Crippen LogP contribution in [0.15, 0.2) is 0 Å². The average molecular weight is 241 g/mol. The van der Waals surface area contributed by atoms with Gasteiger partial charge in [-0.15, -0.1) is 0 Å². The molecule has 1 aliphatic heterocycles. The largest absolute Gasteiger partial charge is 0.341 e. The van der Waals surface area contributed by atoms with Crippen molar-refractivity contribution >= 4 is 5.91 Å². The number of rotatable bonds is 7. The first-order valence-electron chi connectivity index (χ1n) is 6.91. The first kappa shape index (κ1) is 14.5. The van der Waals surface area contributed by atoms with E-state index in [2.05, 4.69) is 24.1 Å². The predicted octanol–water partition coefficient (Wildman–Crippen LogP) is 0.929. The molecule has 0 radical (unpaired) electrons. The number of hydrogen-bond acceptors (Lipinski definition) is 3. The standard InChI is InChI=1S/C13H27N3O/c1-4-15(5-2)9-7-11-16-10-6-8-12(14-3)13(16)17/h12,14H,4-11H2,1-3H3. The predicted molar refractivity (Wildman–Crippen MR) is 71.1 cm³/mol. The van der Waals surface area contributed by atoms with Crippen molar-refractivity contribution in [2.75, 3.05) is 39.8 Å². The summed E-state index contributed by atoms with van der Waals surface area (Å²) in [5.41, 5.74) is 0. The average Bonchev–Trinajstić information content (AvgIpc) is 2.36. The number of likely N-dealkylation sites (tertiary alicyclic amines) is 1. The van der Waals surface area contributed by atoms with Crippen LogP contribution in [0.25, 0.3) is 0 Å². The Balaban J connectivity index is 2.28. The van der Waals surface area contributed by atoms with Gasteiger partial charge in [0.15, 0.2) is 0 Å². The molecule has 1 saturated heterocycles. The van der Waals surface area contributed by atoms with E-state index in [1.54, 1.807) is 0 Å². The molecule has 1 amide bonds. The molecule has 4 heteroatoms. The van der Waals surface area contributed by atoms with Crippen LogP contribution in [0, 0.1) is 0 Å². The molecule has 1 unspecified atom stereocenters. The topological polar surface area (TPSA) is 35.6 Å². The molecule has 17 heavy (non-hydrogen) atoms. The molecule has 0 aliphatic carbocycles. The van der Waals surface area contributed by atoms with E-state index >= 15 is 0 Å². The highest BCUT2D eigenvalue weighted by atomic mass is 16.2. The molecule has 0 bridgehead atoms. The van der Waals surface area contributed by atoms with E-state index in [0.29, 0.717) is 5.91 Å². The second kappa shape index (κ2) is 7.67. The number of carbonyl (C=O) groups is 1. The Labute approximate surface area is 105 Å². The second-order valence-electron chi connectivity index (χ2n) is 4.69. The SMILES string of the molecule is CCN(CC)CCCN1CCCC(NC)C1=O. The summed E-state index contributed by atoms with van der Waals surface area (Å²) in [4.78, 5) is 16.4. The molecule has 1 N–H and O–H groups in total. The summed E-state index contributed by atoms with van der Waals surface area (Å²) in [6.07, 6.45) is 3.20. The minimum absolute atomic E-state index is 0.0530. The Bertz CT molecular complexity index is 229. The van der Waals surface area contributed by atoms with Crippen LogP contribution in [0.4, 0.5) is 0 Å². The number of amides is 1. The summed E-state index contributed by atoms with van der Waals surface area (Å²) in [6.45, 7) is 9.52. The number of nitrogens with zero attached hydrogens (tertiary/aromatic N) is 2. The Morgan fingerprint density at radius 3 is 2.71 bits per heavy atom. The summed E-state index contributed by atoms with van der Waals surface area (Å²) in [6, 6.07) is 0.0530. The highest BCUT2D eigenvalue weighted by Crippen LogP contribution is 2.11. The van der Waals surface area contributed by atoms with Gasteiger partial charge in [0.1, 0.15) is 0 Å². The summed E-state index contributed by atoms with van der Waals surface area (Å²) < 4.78 is 0. The molecule has 1 fully saturated rings. The number of carbonyl (C=O) groups excluding carboxylic acids is 1. The molecular formula is C13H27N3O. The molecule has 0 spiro atoms. The summed E-state index contributed by atoms with van der Waals surface area (Å²) in [5, 5.41) is 3.10. The van der Waals surface area contributed by atoms with Crippen LogP contribution >= 0.6 is 0 Å². The van der Waals surface area contributed by atoms with Gasteiger partial charge in [-0.3, -0.25) is 4.79 Å². The zero-order valence-corrected chi connectivity index (χ0v) is 11.5. The molecule has 0 saturated carbocycles. The lowest BCUT2D eigenvalue weighted by atomic mass is 10.0. The summed E-state index contributed by atoms with van der Waals surface area (Å²) >= 11 is 0. The van der Waals surface area contributed by atoms with Gasteiger partial charge in [-0.1, -0.05) is 13.8 Å². The molecule has 1 rings (SSSR count). The van der Waals surface area contributed by atoms with Crippen LogP contribution in [0.5, 0.6) is 0 Å². The third kappa shape index (κ3) is 4.28. The van der Waals surface area contributed by atoms with Crippen molar-refractivity contribution in [1.29, 1.82) is 0 Å². The molecule has 1 heterocycles. The first-order chi connectivity index (χ1) is 8.22. The second-order valence-corrected chi connectivity index (χ2v) is 4.69. The van der Waals surface area contributed by atoms with Gasteiger partial charge in [-0.25, -0.2) is 0 Å². The van der Waals surface area contributed by atoms with Gasteiger partial charge >= 0.3 is 0 Å². The van der Waals surface area contributed by atoms with Crippen molar-refractivity contribution in [2.45, 2.75) is 39.2 Å². The molecule has 0 aromatic carbocycles. The van der Waals surface area contributed by atoms with Gasteiger partial charge in [0.25, 0.3) is 0 Å².